The van der Waals surface area contributed by atoms with Crippen LogP contribution in [0.15, 0.2) is 36.4 Å². The molecule has 1 amide bonds. The Labute approximate surface area is 185 Å². The Balaban J connectivity index is 2.38. The number of hydrogen-bond donors (Lipinski definition) is 2. The Morgan fingerprint density at radius 2 is 1.84 bits per heavy atom. The second-order valence-electron chi connectivity index (χ2n) is 6.31. The molecule has 2 rings (SSSR count). The highest BCUT2D eigenvalue weighted by Gasteiger charge is 2.23. The van der Waals surface area contributed by atoms with Crippen LogP contribution in [0, 0.1) is 11.6 Å². The lowest BCUT2D eigenvalue weighted by atomic mass is 10.0. The van der Waals surface area contributed by atoms with E-state index < -0.39 is 40.8 Å². The molecule has 8 nitrogen and oxygen atoms in total. The van der Waals surface area contributed by atoms with Crippen molar-refractivity contribution in [3.8, 4) is 16.9 Å². The van der Waals surface area contributed by atoms with Gasteiger partial charge in [-0.15, -0.1) is 0 Å². The van der Waals surface area contributed by atoms with Crippen molar-refractivity contribution in [2.45, 2.75) is 19.9 Å². The number of ether oxygens (including phenoxy) is 2. The van der Waals surface area contributed by atoms with Crippen molar-refractivity contribution in [3.63, 3.8) is 0 Å². The van der Waals surface area contributed by atoms with Crippen LogP contribution in [-0.2, 0) is 14.3 Å². The smallest absolute Gasteiger partial charge is 0.480 e. The van der Waals surface area contributed by atoms with E-state index in [1.54, 1.807) is 6.92 Å². The number of carbonyl (C=O) groups excluding carboxylic acids is 3. The van der Waals surface area contributed by atoms with Crippen LogP contribution >= 0.6 is 11.8 Å². The van der Waals surface area contributed by atoms with Gasteiger partial charge >= 0.3 is 12.1 Å². The van der Waals surface area contributed by atoms with Crippen molar-refractivity contribution in [2.75, 3.05) is 12.4 Å². The molecular weight excluding hydrogens is 448 g/mol. The first-order chi connectivity index (χ1) is 15.1. The lowest BCUT2D eigenvalue weighted by molar-refractivity contribution is -0.140. The van der Waals surface area contributed by atoms with Crippen LogP contribution in [-0.4, -0.2) is 46.7 Å². The Hall–Kier alpha value is -3.47. The molecule has 0 radical (unpaired) electrons. The number of carbonyl (C=O) groups is 4. The molecule has 1 atom stereocenters. The van der Waals surface area contributed by atoms with Gasteiger partial charge in [-0.2, -0.15) is 0 Å². The van der Waals surface area contributed by atoms with Gasteiger partial charge in [0.2, 0.25) is 11.0 Å². The summed E-state index contributed by atoms with van der Waals surface area (Å²) < 4.78 is 37.2. The van der Waals surface area contributed by atoms with Crippen LogP contribution in [0.4, 0.5) is 13.6 Å². The standard InChI is InChI=1S/C21H19F2NO7S/c1-3-30-21(29)31-18-7-4-12(14-6-5-13(22)9-16(14)23)8-15(18)20(28)32-10-17(19(26)27)24-11(2)25/h4-9,17H,3,10H2,1-2H3,(H,24,25)(H,26,27)/t17-/m0/s1. The number of aliphatic carboxylic acids is 1. The van der Waals surface area contributed by atoms with Crippen LogP contribution in [0.5, 0.6) is 5.75 Å². The van der Waals surface area contributed by atoms with Crippen molar-refractivity contribution >= 4 is 34.9 Å². The number of rotatable bonds is 8. The minimum Gasteiger partial charge on any atom is -0.480 e. The summed E-state index contributed by atoms with van der Waals surface area (Å²) >= 11 is 0.553. The highest BCUT2D eigenvalue weighted by Crippen LogP contribution is 2.31. The third-order valence-electron chi connectivity index (χ3n) is 3.95. The first kappa shape index (κ1) is 24.8. The molecule has 0 aliphatic carbocycles. The fourth-order valence-electron chi connectivity index (χ4n) is 2.56. The van der Waals surface area contributed by atoms with E-state index in [9.17, 15) is 33.1 Å². The maximum Gasteiger partial charge on any atom is 0.513 e. The Kier molecular flexibility index (Phi) is 8.71. The van der Waals surface area contributed by atoms with Crippen molar-refractivity contribution in [1.29, 1.82) is 0 Å². The number of carboxylic acids is 1. The van der Waals surface area contributed by atoms with Gasteiger partial charge in [-0.3, -0.25) is 9.59 Å². The molecule has 170 valence electrons. The largest absolute Gasteiger partial charge is 0.513 e. The van der Waals surface area contributed by atoms with E-state index in [1.165, 1.54) is 24.3 Å². The van der Waals surface area contributed by atoms with E-state index in [0.717, 1.165) is 13.0 Å². The van der Waals surface area contributed by atoms with Crippen LogP contribution in [0.1, 0.15) is 24.2 Å². The molecule has 2 aromatic rings. The Morgan fingerprint density at radius 3 is 2.44 bits per heavy atom. The van der Waals surface area contributed by atoms with E-state index in [0.29, 0.717) is 17.8 Å². The van der Waals surface area contributed by atoms with Gasteiger partial charge in [0.05, 0.1) is 12.2 Å². The summed E-state index contributed by atoms with van der Waals surface area (Å²) in [6, 6.07) is 5.41. The van der Waals surface area contributed by atoms with Crippen LogP contribution in [0.2, 0.25) is 0 Å². The minimum atomic E-state index is -1.34. The van der Waals surface area contributed by atoms with Gasteiger partial charge in [-0.05, 0) is 36.8 Å². The molecule has 0 saturated carbocycles. The summed E-state index contributed by atoms with van der Waals surface area (Å²) in [5, 5.41) is 10.7. The normalized spacial score (nSPS) is 11.4. The molecule has 11 heteroatoms. The number of hydrogen-bond acceptors (Lipinski definition) is 7. The molecule has 0 spiro atoms. The molecule has 2 aromatic carbocycles. The van der Waals surface area contributed by atoms with E-state index >= 15 is 0 Å². The lowest BCUT2D eigenvalue weighted by Gasteiger charge is -2.14. The maximum absolute atomic E-state index is 14.2. The third-order valence-corrected chi connectivity index (χ3v) is 4.94. The van der Waals surface area contributed by atoms with E-state index in [2.05, 4.69) is 5.32 Å². The number of benzene rings is 2. The molecule has 0 bridgehead atoms. The van der Waals surface area contributed by atoms with E-state index in [4.69, 9.17) is 9.47 Å². The van der Waals surface area contributed by atoms with Gasteiger partial charge in [-0.1, -0.05) is 17.8 Å². The first-order valence-corrected chi connectivity index (χ1v) is 10.2. The summed E-state index contributed by atoms with van der Waals surface area (Å²) in [6.45, 7) is 2.71. The van der Waals surface area contributed by atoms with Crippen LogP contribution in [0.25, 0.3) is 11.1 Å². The SMILES string of the molecule is CCOC(=O)Oc1ccc(-c2ccc(F)cc2F)cc1C(=O)SC[C@H](NC(C)=O)C(=O)O. The highest BCUT2D eigenvalue weighted by molar-refractivity contribution is 8.14. The molecule has 0 aromatic heterocycles. The lowest BCUT2D eigenvalue weighted by Crippen LogP contribution is -2.41. The summed E-state index contributed by atoms with van der Waals surface area (Å²) in [5.74, 6) is -4.10. The molecule has 0 aliphatic rings. The number of nitrogens with one attached hydrogen (secondary N) is 1. The average molecular weight is 467 g/mol. The molecular formula is C21H19F2NO7S. The highest BCUT2D eigenvalue weighted by atomic mass is 32.2. The van der Waals surface area contributed by atoms with Gasteiger partial charge < -0.3 is 19.9 Å². The fraction of sp³-hybridized carbons (Fsp3) is 0.238. The summed E-state index contributed by atoms with van der Waals surface area (Å²) in [6.07, 6.45) is -1.08. The first-order valence-electron chi connectivity index (χ1n) is 9.23. The predicted octanol–water partition coefficient (Wildman–Crippen LogP) is 3.63. The summed E-state index contributed by atoms with van der Waals surface area (Å²) in [4.78, 5) is 47.0. The minimum absolute atomic E-state index is 0.00482. The van der Waals surface area contributed by atoms with Crippen molar-refractivity contribution in [1.82, 2.24) is 5.32 Å². The van der Waals surface area contributed by atoms with Crippen LogP contribution in [0.3, 0.4) is 0 Å². The van der Waals surface area contributed by atoms with Gasteiger partial charge in [0.1, 0.15) is 23.4 Å². The molecule has 0 heterocycles. The molecule has 0 unspecified atom stereocenters. The quantitative estimate of drug-likeness (QED) is 0.446. The second kappa shape index (κ2) is 11.2. The zero-order valence-electron chi connectivity index (χ0n) is 17.0. The summed E-state index contributed by atoms with van der Waals surface area (Å²) in [5.41, 5.74) is 0.0188. The van der Waals surface area contributed by atoms with Crippen LogP contribution < -0.4 is 10.1 Å². The molecule has 0 saturated heterocycles. The van der Waals surface area contributed by atoms with Crippen molar-refractivity contribution in [2.24, 2.45) is 0 Å². The number of amides is 1. The molecule has 0 aliphatic heterocycles. The van der Waals surface area contributed by atoms with Gasteiger partial charge in [-0.25, -0.2) is 18.4 Å². The zero-order chi connectivity index (χ0) is 23.8. The Bertz CT molecular complexity index is 1040. The molecule has 0 fully saturated rings. The van der Waals surface area contributed by atoms with Gasteiger partial charge in [0.25, 0.3) is 0 Å². The Morgan fingerprint density at radius 1 is 1.12 bits per heavy atom. The van der Waals surface area contributed by atoms with Crippen molar-refractivity contribution in [3.05, 3.63) is 53.6 Å². The van der Waals surface area contributed by atoms with E-state index in [-0.39, 0.29) is 34.8 Å². The molecule has 2 N–H and O–H groups in total. The molecule has 32 heavy (non-hydrogen) atoms. The predicted molar refractivity (Wildman–Crippen MR) is 111 cm³/mol. The van der Waals surface area contributed by atoms with Gasteiger partial charge in [0.15, 0.2) is 0 Å². The average Bonchev–Trinajstić information content (AvgIpc) is 2.71. The fourth-order valence-corrected chi connectivity index (χ4v) is 3.42. The summed E-state index contributed by atoms with van der Waals surface area (Å²) in [7, 11) is 0. The van der Waals surface area contributed by atoms with E-state index in [1.807, 2.05) is 0 Å². The monoisotopic (exact) mass is 467 g/mol. The number of halogens is 2. The number of carboxylic acid groups (broad SMARTS) is 1. The third kappa shape index (κ3) is 6.77. The van der Waals surface area contributed by atoms with Crippen molar-refractivity contribution < 1.29 is 42.5 Å². The zero-order valence-corrected chi connectivity index (χ0v) is 17.8. The second-order valence-corrected chi connectivity index (χ2v) is 7.30. The topological polar surface area (TPSA) is 119 Å². The van der Waals surface area contributed by atoms with Gasteiger partial charge in [0, 0.05) is 24.3 Å². The number of thioether (sulfide) groups is 1. The maximum atomic E-state index is 14.2.